The number of aliphatic carboxylic acids is 1. The first-order chi connectivity index (χ1) is 10.7. The normalized spacial score (nSPS) is 20.2. The Labute approximate surface area is 127 Å². The molecule has 1 fully saturated rings. The Morgan fingerprint density at radius 3 is 2.64 bits per heavy atom. The third-order valence-corrected chi connectivity index (χ3v) is 4.12. The Balaban J connectivity index is 1.67. The molecule has 0 spiro atoms. The number of para-hydroxylation sites is 1. The van der Waals surface area contributed by atoms with Crippen LogP contribution in [0.5, 0.6) is 0 Å². The second-order valence-electron chi connectivity index (χ2n) is 5.43. The highest BCUT2D eigenvalue weighted by molar-refractivity contribution is 5.86. The molecule has 1 aromatic carbocycles. The van der Waals surface area contributed by atoms with Crippen LogP contribution < -0.4 is 5.32 Å². The molecule has 0 aliphatic heterocycles. The van der Waals surface area contributed by atoms with Gasteiger partial charge in [0.2, 0.25) is 5.91 Å². The molecule has 2 aromatic rings. The molecule has 6 heteroatoms. The van der Waals surface area contributed by atoms with E-state index in [1.54, 1.807) is 10.9 Å². The molecule has 22 heavy (non-hydrogen) atoms. The fraction of sp³-hybridized carbons (Fsp3) is 0.312. The zero-order chi connectivity index (χ0) is 15.5. The van der Waals surface area contributed by atoms with Crippen LogP contribution in [-0.2, 0) is 16.1 Å². The van der Waals surface area contributed by atoms with Crippen LogP contribution in [0.25, 0.3) is 5.69 Å². The van der Waals surface area contributed by atoms with Crippen molar-refractivity contribution >= 4 is 11.9 Å². The quantitative estimate of drug-likeness (QED) is 0.878. The van der Waals surface area contributed by atoms with Crippen molar-refractivity contribution < 1.29 is 14.7 Å². The summed E-state index contributed by atoms with van der Waals surface area (Å²) in [7, 11) is 0. The van der Waals surface area contributed by atoms with Gasteiger partial charge in [-0.25, -0.2) is 4.68 Å². The largest absolute Gasteiger partial charge is 0.481 e. The average Bonchev–Trinajstić information content (AvgIpc) is 2.97. The van der Waals surface area contributed by atoms with Crippen LogP contribution in [0.2, 0.25) is 0 Å². The third-order valence-electron chi connectivity index (χ3n) is 4.12. The summed E-state index contributed by atoms with van der Waals surface area (Å²) >= 11 is 0. The standard InChI is InChI=1S/C16H17N3O3/c20-15(12-6-7-13(12)16(21)22)17-10-11-4-1-2-5-14(11)19-9-3-8-18-19/h1-5,8-9,12-13H,6-7,10H2,(H,17,20)(H,21,22). The van der Waals surface area contributed by atoms with Crippen molar-refractivity contribution in [2.45, 2.75) is 19.4 Å². The predicted molar refractivity (Wildman–Crippen MR) is 79.3 cm³/mol. The number of aromatic nitrogens is 2. The monoisotopic (exact) mass is 299 g/mol. The number of benzene rings is 1. The Morgan fingerprint density at radius 2 is 2.00 bits per heavy atom. The van der Waals surface area contributed by atoms with Gasteiger partial charge in [0.1, 0.15) is 0 Å². The van der Waals surface area contributed by atoms with E-state index in [1.807, 2.05) is 36.5 Å². The van der Waals surface area contributed by atoms with Crippen LogP contribution in [-0.4, -0.2) is 26.8 Å². The molecule has 0 saturated heterocycles. The maximum atomic E-state index is 12.1. The maximum Gasteiger partial charge on any atom is 0.307 e. The number of hydrogen-bond acceptors (Lipinski definition) is 3. The lowest BCUT2D eigenvalue weighted by Crippen LogP contribution is -2.43. The first kappa shape index (κ1) is 14.3. The molecule has 1 heterocycles. The van der Waals surface area contributed by atoms with Crippen molar-refractivity contribution in [3.8, 4) is 5.69 Å². The number of carbonyl (C=O) groups is 2. The minimum absolute atomic E-state index is 0.186. The summed E-state index contributed by atoms with van der Waals surface area (Å²) < 4.78 is 1.74. The minimum atomic E-state index is -0.886. The van der Waals surface area contributed by atoms with Gasteiger partial charge in [-0.1, -0.05) is 18.2 Å². The Hall–Kier alpha value is -2.63. The lowest BCUT2D eigenvalue weighted by atomic mass is 9.73. The van der Waals surface area contributed by atoms with Crippen molar-refractivity contribution in [3.05, 3.63) is 48.3 Å². The van der Waals surface area contributed by atoms with Gasteiger partial charge in [-0.15, -0.1) is 0 Å². The highest BCUT2D eigenvalue weighted by Gasteiger charge is 2.41. The molecule has 1 aliphatic carbocycles. The summed E-state index contributed by atoms with van der Waals surface area (Å²) in [5, 5.41) is 16.1. The van der Waals surface area contributed by atoms with E-state index in [2.05, 4.69) is 10.4 Å². The fourth-order valence-electron chi connectivity index (χ4n) is 2.72. The summed E-state index contributed by atoms with van der Waals surface area (Å²) in [5.74, 6) is -2.02. The molecular formula is C16H17N3O3. The number of rotatable bonds is 5. The zero-order valence-electron chi connectivity index (χ0n) is 12.0. The van der Waals surface area contributed by atoms with Crippen molar-refractivity contribution in [2.24, 2.45) is 11.8 Å². The smallest absolute Gasteiger partial charge is 0.307 e. The van der Waals surface area contributed by atoms with E-state index in [-0.39, 0.29) is 5.91 Å². The second-order valence-corrected chi connectivity index (χ2v) is 5.43. The van der Waals surface area contributed by atoms with Crippen molar-refractivity contribution in [1.29, 1.82) is 0 Å². The van der Waals surface area contributed by atoms with Crippen LogP contribution in [0.3, 0.4) is 0 Å². The molecule has 1 amide bonds. The Kier molecular flexibility index (Phi) is 3.91. The summed E-state index contributed by atoms with van der Waals surface area (Å²) in [6, 6.07) is 9.50. The van der Waals surface area contributed by atoms with E-state index in [1.165, 1.54) is 0 Å². The molecule has 0 bridgehead atoms. The van der Waals surface area contributed by atoms with Crippen LogP contribution in [0.4, 0.5) is 0 Å². The molecule has 6 nitrogen and oxygen atoms in total. The molecular weight excluding hydrogens is 282 g/mol. The van der Waals surface area contributed by atoms with Gasteiger partial charge in [0.15, 0.2) is 0 Å². The molecule has 0 radical (unpaired) electrons. The highest BCUT2D eigenvalue weighted by atomic mass is 16.4. The topological polar surface area (TPSA) is 84.2 Å². The first-order valence-corrected chi connectivity index (χ1v) is 7.25. The molecule has 1 saturated carbocycles. The van der Waals surface area contributed by atoms with E-state index >= 15 is 0 Å². The van der Waals surface area contributed by atoms with E-state index in [0.29, 0.717) is 19.4 Å². The molecule has 2 N–H and O–H groups in total. The number of amides is 1. The van der Waals surface area contributed by atoms with Gasteiger partial charge < -0.3 is 10.4 Å². The van der Waals surface area contributed by atoms with E-state index in [9.17, 15) is 9.59 Å². The fourth-order valence-corrected chi connectivity index (χ4v) is 2.72. The predicted octanol–water partition coefficient (Wildman–Crippen LogP) is 1.60. The van der Waals surface area contributed by atoms with E-state index in [4.69, 9.17) is 5.11 Å². The highest BCUT2D eigenvalue weighted by Crippen LogP contribution is 2.34. The summed E-state index contributed by atoms with van der Waals surface area (Å²) in [6.45, 7) is 0.359. The molecule has 2 unspecified atom stereocenters. The first-order valence-electron chi connectivity index (χ1n) is 7.25. The molecule has 1 aliphatic rings. The maximum absolute atomic E-state index is 12.1. The lowest BCUT2D eigenvalue weighted by molar-refractivity contribution is -0.152. The number of carbonyl (C=O) groups excluding carboxylic acids is 1. The molecule has 3 rings (SSSR count). The van der Waals surface area contributed by atoms with Gasteiger partial charge in [0.25, 0.3) is 0 Å². The average molecular weight is 299 g/mol. The third kappa shape index (κ3) is 2.72. The zero-order valence-corrected chi connectivity index (χ0v) is 12.0. The van der Waals surface area contributed by atoms with Gasteiger partial charge in [0, 0.05) is 18.9 Å². The van der Waals surface area contributed by atoms with Gasteiger partial charge in [-0.2, -0.15) is 5.10 Å². The number of nitrogens with zero attached hydrogens (tertiary/aromatic N) is 2. The Morgan fingerprint density at radius 1 is 1.23 bits per heavy atom. The van der Waals surface area contributed by atoms with Gasteiger partial charge in [-0.05, 0) is 30.5 Å². The van der Waals surface area contributed by atoms with Crippen LogP contribution >= 0.6 is 0 Å². The van der Waals surface area contributed by atoms with Gasteiger partial charge in [-0.3, -0.25) is 9.59 Å². The molecule has 2 atom stereocenters. The summed E-state index contributed by atoms with van der Waals surface area (Å²) in [5.41, 5.74) is 1.84. The van der Waals surface area contributed by atoms with Crippen molar-refractivity contribution in [1.82, 2.24) is 15.1 Å². The lowest BCUT2D eigenvalue weighted by Gasteiger charge is -2.32. The van der Waals surface area contributed by atoms with E-state index < -0.39 is 17.8 Å². The number of carboxylic acids is 1. The molecule has 114 valence electrons. The number of hydrogen-bond donors (Lipinski definition) is 2. The summed E-state index contributed by atoms with van der Waals surface area (Å²) in [4.78, 5) is 23.1. The minimum Gasteiger partial charge on any atom is -0.481 e. The van der Waals surface area contributed by atoms with Crippen molar-refractivity contribution in [3.63, 3.8) is 0 Å². The SMILES string of the molecule is O=C(O)C1CCC1C(=O)NCc1ccccc1-n1cccn1. The number of carboxylic acid groups (broad SMARTS) is 1. The molecule has 1 aromatic heterocycles. The van der Waals surface area contributed by atoms with Crippen LogP contribution in [0.15, 0.2) is 42.7 Å². The summed E-state index contributed by atoms with van der Waals surface area (Å²) in [6.07, 6.45) is 4.76. The Bertz CT molecular complexity index is 682. The second kappa shape index (κ2) is 6.01. The van der Waals surface area contributed by atoms with Gasteiger partial charge in [0.05, 0.1) is 17.5 Å². The van der Waals surface area contributed by atoms with E-state index in [0.717, 1.165) is 11.3 Å². The van der Waals surface area contributed by atoms with Gasteiger partial charge >= 0.3 is 5.97 Å². The van der Waals surface area contributed by atoms with Crippen LogP contribution in [0, 0.1) is 11.8 Å². The number of nitrogens with one attached hydrogen (secondary N) is 1. The van der Waals surface area contributed by atoms with Crippen molar-refractivity contribution in [2.75, 3.05) is 0 Å². The van der Waals surface area contributed by atoms with Crippen LogP contribution in [0.1, 0.15) is 18.4 Å².